The first-order chi connectivity index (χ1) is 17.0. The van der Waals surface area contributed by atoms with Crippen LogP contribution in [0.3, 0.4) is 0 Å². The zero-order valence-electron chi connectivity index (χ0n) is 19.7. The lowest BCUT2D eigenvalue weighted by Gasteiger charge is -2.27. The Morgan fingerprint density at radius 2 is 1.72 bits per heavy atom. The molecule has 0 saturated heterocycles. The van der Waals surface area contributed by atoms with Crippen LogP contribution < -0.4 is 16.4 Å². The molecule has 0 aliphatic heterocycles. The van der Waals surface area contributed by atoms with Gasteiger partial charge in [-0.3, -0.25) is 29.3 Å². The molecule has 0 heterocycles. The van der Waals surface area contributed by atoms with Gasteiger partial charge in [-0.15, -0.1) is 0 Å². The molecule has 36 heavy (non-hydrogen) atoms. The summed E-state index contributed by atoms with van der Waals surface area (Å²) in [5, 5.41) is 15.9. The summed E-state index contributed by atoms with van der Waals surface area (Å²) < 4.78 is 19.2. The molecule has 0 radical (unpaired) electrons. The maximum Gasteiger partial charge on any atom is 0.306 e. The molecule has 11 nitrogen and oxygen atoms in total. The van der Waals surface area contributed by atoms with E-state index in [2.05, 4.69) is 10.6 Å². The summed E-state index contributed by atoms with van der Waals surface area (Å²) in [4.78, 5) is 60.0. The molecule has 4 N–H and O–H groups in total. The first kappa shape index (κ1) is 27.9. The van der Waals surface area contributed by atoms with E-state index in [0.717, 1.165) is 0 Å². The van der Waals surface area contributed by atoms with E-state index in [0.29, 0.717) is 5.56 Å². The van der Waals surface area contributed by atoms with Gasteiger partial charge in [0.05, 0.1) is 18.0 Å². The van der Waals surface area contributed by atoms with Crippen LogP contribution in [0.1, 0.15) is 37.3 Å². The molecule has 0 unspecified atom stereocenters. The second-order valence-corrected chi connectivity index (χ2v) is 7.90. The SMILES string of the molecule is CCOC(=O)C[C@H](c1ccc([N+](=O)[O-])cc1)[C@@H](NC(=O)[C@H](Cc1ccccc1F)NC(C)=O)C(N)=O. The summed E-state index contributed by atoms with van der Waals surface area (Å²) in [6, 6.07) is 8.02. The van der Waals surface area contributed by atoms with Crippen LogP contribution in [0.5, 0.6) is 0 Å². The number of hydrogen-bond acceptors (Lipinski definition) is 7. The fourth-order valence-electron chi connectivity index (χ4n) is 3.63. The number of non-ortho nitro benzene ring substituents is 1. The number of ether oxygens (including phenoxy) is 1. The third kappa shape index (κ3) is 7.86. The van der Waals surface area contributed by atoms with E-state index in [1.807, 2.05) is 0 Å². The number of benzene rings is 2. The Kier molecular flexibility index (Phi) is 10.0. The first-order valence-corrected chi connectivity index (χ1v) is 11.0. The summed E-state index contributed by atoms with van der Waals surface area (Å²) in [5.41, 5.74) is 5.81. The molecule has 0 aromatic heterocycles. The fraction of sp³-hybridized carbons (Fsp3) is 0.333. The molecule has 2 aromatic carbocycles. The van der Waals surface area contributed by atoms with Gasteiger partial charge in [0.2, 0.25) is 17.7 Å². The van der Waals surface area contributed by atoms with Crippen LogP contribution in [0.15, 0.2) is 48.5 Å². The summed E-state index contributed by atoms with van der Waals surface area (Å²) in [6.45, 7) is 2.83. The van der Waals surface area contributed by atoms with Crippen molar-refractivity contribution in [3.63, 3.8) is 0 Å². The zero-order valence-corrected chi connectivity index (χ0v) is 19.7. The molecule has 0 aliphatic carbocycles. The van der Waals surface area contributed by atoms with Gasteiger partial charge >= 0.3 is 5.97 Å². The minimum absolute atomic E-state index is 0.0622. The summed E-state index contributed by atoms with van der Waals surface area (Å²) >= 11 is 0. The first-order valence-electron chi connectivity index (χ1n) is 11.0. The number of carbonyl (C=O) groups is 4. The number of nitrogens with zero attached hydrogens (tertiary/aromatic N) is 1. The quantitative estimate of drug-likeness (QED) is 0.224. The number of nitrogens with one attached hydrogen (secondary N) is 2. The van der Waals surface area contributed by atoms with Gasteiger partial charge in [0.1, 0.15) is 17.9 Å². The van der Waals surface area contributed by atoms with Gasteiger partial charge in [-0.25, -0.2) is 4.39 Å². The molecule has 192 valence electrons. The van der Waals surface area contributed by atoms with Crippen LogP contribution in [0.25, 0.3) is 0 Å². The highest BCUT2D eigenvalue weighted by Crippen LogP contribution is 2.27. The van der Waals surface area contributed by atoms with Crippen LogP contribution in [-0.2, 0) is 30.3 Å². The minimum atomic E-state index is -1.46. The largest absolute Gasteiger partial charge is 0.466 e. The maximum absolute atomic E-state index is 14.2. The van der Waals surface area contributed by atoms with E-state index in [-0.39, 0.29) is 30.7 Å². The number of nitro benzene ring substituents is 1. The monoisotopic (exact) mass is 502 g/mol. The van der Waals surface area contributed by atoms with Gasteiger partial charge in [0.25, 0.3) is 5.69 Å². The summed E-state index contributed by atoms with van der Waals surface area (Å²) in [7, 11) is 0. The third-order valence-corrected chi connectivity index (χ3v) is 5.31. The van der Waals surface area contributed by atoms with Crippen molar-refractivity contribution in [2.75, 3.05) is 6.61 Å². The number of nitro groups is 1. The predicted molar refractivity (Wildman–Crippen MR) is 126 cm³/mol. The van der Waals surface area contributed by atoms with Crippen molar-refractivity contribution in [1.29, 1.82) is 0 Å². The average molecular weight is 502 g/mol. The molecule has 0 saturated carbocycles. The van der Waals surface area contributed by atoms with Crippen molar-refractivity contribution in [3.8, 4) is 0 Å². The summed E-state index contributed by atoms with van der Waals surface area (Å²) in [6.07, 6.45) is -0.596. The van der Waals surface area contributed by atoms with E-state index in [9.17, 15) is 33.7 Å². The molecule has 3 amide bonds. The highest BCUT2D eigenvalue weighted by Gasteiger charge is 2.34. The van der Waals surface area contributed by atoms with Crippen molar-refractivity contribution in [2.45, 2.75) is 44.7 Å². The summed E-state index contributed by atoms with van der Waals surface area (Å²) in [5.74, 6) is -4.72. The molecule has 2 rings (SSSR count). The van der Waals surface area contributed by atoms with Crippen molar-refractivity contribution >= 4 is 29.4 Å². The lowest BCUT2D eigenvalue weighted by Crippen LogP contribution is -2.55. The lowest BCUT2D eigenvalue weighted by molar-refractivity contribution is -0.384. The number of primary amides is 1. The van der Waals surface area contributed by atoms with Gasteiger partial charge in [0, 0.05) is 31.4 Å². The molecule has 0 fully saturated rings. The topological polar surface area (TPSA) is 171 Å². The standard InChI is InChI=1S/C24H27FN4O7/c1-3-36-21(31)13-18(15-8-10-17(11-9-15)29(34)35)22(23(26)32)28-24(33)20(27-14(2)30)12-16-6-4-5-7-19(16)25/h4-11,18,20,22H,3,12-13H2,1-2H3,(H2,26,32)(H,27,30)(H,28,33)/t18-,20+,22-/m1/s1. The Bertz CT molecular complexity index is 1120. The van der Waals surface area contributed by atoms with E-state index in [1.54, 1.807) is 13.0 Å². The molecular formula is C24H27FN4O7. The number of rotatable bonds is 12. The number of hydrogen-bond donors (Lipinski definition) is 3. The van der Waals surface area contributed by atoms with Gasteiger partial charge < -0.3 is 21.1 Å². The Hall–Kier alpha value is -4.35. The number of nitrogens with two attached hydrogens (primary N) is 1. The highest BCUT2D eigenvalue weighted by atomic mass is 19.1. The normalized spacial score (nSPS) is 13.1. The molecule has 3 atom stereocenters. The number of amides is 3. The second-order valence-electron chi connectivity index (χ2n) is 7.90. The Balaban J connectivity index is 2.39. The Morgan fingerprint density at radius 1 is 1.08 bits per heavy atom. The molecule has 2 aromatic rings. The minimum Gasteiger partial charge on any atom is -0.466 e. The van der Waals surface area contributed by atoms with E-state index >= 15 is 0 Å². The van der Waals surface area contributed by atoms with Crippen molar-refractivity contribution in [1.82, 2.24) is 10.6 Å². The lowest BCUT2D eigenvalue weighted by atomic mass is 9.87. The molecule has 0 bridgehead atoms. The Labute approximate surface area is 206 Å². The number of halogens is 1. The fourth-order valence-corrected chi connectivity index (χ4v) is 3.63. The number of esters is 1. The number of carbonyl (C=O) groups excluding carboxylic acids is 4. The van der Waals surface area contributed by atoms with E-state index in [4.69, 9.17) is 10.5 Å². The van der Waals surface area contributed by atoms with Gasteiger partial charge in [-0.2, -0.15) is 0 Å². The van der Waals surface area contributed by atoms with Crippen molar-refractivity contribution in [2.24, 2.45) is 5.73 Å². The van der Waals surface area contributed by atoms with Crippen LogP contribution in [0.4, 0.5) is 10.1 Å². The smallest absolute Gasteiger partial charge is 0.306 e. The zero-order chi connectivity index (χ0) is 26.8. The van der Waals surface area contributed by atoms with Gasteiger partial charge in [-0.05, 0) is 24.1 Å². The third-order valence-electron chi connectivity index (χ3n) is 5.31. The Morgan fingerprint density at radius 3 is 2.25 bits per heavy atom. The predicted octanol–water partition coefficient (Wildman–Crippen LogP) is 1.49. The maximum atomic E-state index is 14.2. The van der Waals surface area contributed by atoms with E-state index in [1.165, 1.54) is 49.4 Å². The molecule has 12 heteroatoms. The van der Waals surface area contributed by atoms with Crippen molar-refractivity contribution < 1.29 is 33.2 Å². The van der Waals surface area contributed by atoms with E-state index < -0.39 is 52.4 Å². The van der Waals surface area contributed by atoms with Crippen LogP contribution >= 0.6 is 0 Å². The highest BCUT2D eigenvalue weighted by molar-refractivity contribution is 5.92. The average Bonchev–Trinajstić information content (AvgIpc) is 2.82. The second kappa shape index (κ2) is 12.9. The molecular weight excluding hydrogens is 475 g/mol. The van der Waals surface area contributed by atoms with Crippen LogP contribution in [-0.4, -0.2) is 47.3 Å². The molecule has 0 spiro atoms. The van der Waals surface area contributed by atoms with Gasteiger partial charge in [-0.1, -0.05) is 30.3 Å². The van der Waals surface area contributed by atoms with Crippen molar-refractivity contribution in [3.05, 3.63) is 75.6 Å². The van der Waals surface area contributed by atoms with Crippen LogP contribution in [0.2, 0.25) is 0 Å². The van der Waals surface area contributed by atoms with Crippen LogP contribution in [0, 0.1) is 15.9 Å². The van der Waals surface area contributed by atoms with Gasteiger partial charge in [0.15, 0.2) is 0 Å². The molecule has 0 aliphatic rings.